The second-order valence-electron chi connectivity index (χ2n) is 6.33. The number of amides is 1. The number of aliphatic hydroxyl groups excluding tert-OH is 1. The summed E-state index contributed by atoms with van der Waals surface area (Å²) >= 11 is 0. The molecule has 6 heteroatoms. The van der Waals surface area contributed by atoms with Crippen LogP contribution in [0.2, 0.25) is 0 Å². The number of benzene rings is 1. The SMILES string of the molecule is C[NH+](C)CCN1C(=O)C(=O)/C(=C(/O)c2ccccc2)[C@H]1c1ccco1. The van der Waals surface area contributed by atoms with E-state index in [-0.39, 0.29) is 11.3 Å². The fourth-order valence-electron chi connectivity index (χ4n) is 2.95. The van der Waals surface area contributed by atoms with Crippen LogP contribution in [0.15, 0.2) is 58.7 Å². The van der Waals surface area contributed by atoms with Gasteiger partial charge in [0.15, 0.2) is 0 Å². The van der Waals surface area contributed by atoms with E-state index in [0.717, 1.165) is 4.90 Å². The molecule has 0 spiro atoms. The zero-order chi connectivity index (χ0) is 18.0. The summed E-state index contributed by atoms with van der Waals surface area (Å²) in [5.74, 6) is -1.01. The summed E-state index contributed by atoms with van der Waals surface area (Å²) in [4.78, 5) is 27.8. The molecule has 1 saturated heterocycles. The van der Waals surface area contributed by atoms with Gasteiger partial charge in [0.1, 0.15) is 17.6 Å². The van der Waals surface area contributed by atoms with E-state index in [2.05, 4.69) is 0 Å². The third-order valence-electron chi connectivity index (χ3n) is 4.25. The van der Waals surface area contributed by atoms with Crippen LogP contribution >= 0.6 is 0 Å². The Hall–Kier alpha value is -2.86. The minimum absolute atomic E-state index is 0.0694. The number of hydrogen-bond donors (Lipinski definition) is 2. The summed E-state index contributed by atoms with van der Waals surface area (Å²) in [5, 5.41) is 10.7. The summed E-state index contributed by atoms with van der Waals surface area (Å²) in [6.45, 7) is 1.07. The maximum atomic E-state index is 12.6. The normalized spacial score (nSPS) is 19.8. The van der Waals surface area contributed by atoms with Crippen molar-refractivity contribution >= 4 is 17.4 Å². The number of hydrogen-bond acceptors (Lipinski definition) is 4. The minimum Gasteiger partial charge on any atom is -0.507 e. The van der Waals surface area contributed by atoms with E-state index in [0.29, 0.717) is 24.4 Å². The van der Waals surface area contributed by atoms with E-state index in [1.54, 1.807) is 36.4 Å². The lowest BCUT2D eigenvalue weighted by atomic mass is 9.99. The molecule has 2 N–H and O–H groups in total. The molecule has 0 bridgehead atoms. The van der Waals surface area contributed by atoms with Crippen LogP contribution in [0, 0.1) is 0 Å². The maximum absolute atomic E-state index is 12.6. The molecule has 0 saturated carbocycles. The van der Waals surface area contributed by atoms with E-state index < -0.39 is 17.7 Å². The van der Waals surface area contributed by atoms with Crippen molar-refractivity contribution in [1.82, 2.24) is 4.90 Å². The van der Waals surface area contributed by atoms with Crippen molar-refractivity contribution < 1.29 is 24.0 Å². The number of quaternary nitrogens is 1. The van der Waals surface area contributed by atoms with Crippen molar-refractivity contribution in [3.63, 3.8) is 0 Å². The number of rotatable bonds is 5. The molecule has 2 aromatic rings. The monoisotopic (exact) mass is 341 g/mol. The molecule has 130 valence electrons. The van der Waals surface area contributed by atoms with E-state index >= 15 is 0 Å². The molecule has 25 heavy (non-hydrogen) atoms. The number of Topliss-reactive ketones (excluding diaryl/α,β-unsaturated/α-hetero) is 1. The minimum atomic E-state index is -0.713. The highest BCUT2D eigenvalue weighted by atomic mass is 16.3. The average molecular weight is 341 g/mol. The number of carbonyl (C=O) groups is 2. The Morgan fingerprint density at radius 2 is 1.88 bits per heavy atom. The molecule has 1 amide bonds. The lowest BCUT2D eigenvalue weighted by molar-refractivity contribution is -0.857. The highest BCUT2D eigenvalue weighted by Crippen LogP contribution is 2.39. The summed E-state index contributed by atoms with van der Waals surface area (Å²) in [6, 6.07) is 11.5. The van der Waals surface area contributed by atoms with Crippen LogP contribution in [0.25, 0.3) is 5.76 Å². The maximum Gasteiger partial charge on any atom is 0.295 e. The molecule has 6 nitrogen and oxygen atoms in total. The van der Waals surface area contributed by atoms with Crippen LogP contribution in [0.1, 0.15) is 17.4 Å². The first-order valence-corrected chi connectivity index (χ1v) is 8.17. The number of ketones is 1. The Morgan fingerprint density at radius 1 is 1.16 bits per heavy atom. The predicted octanol–water partition coefficient (Wildman–Crippen LogP) is 0.846. The van der Waals surface area contributed by atoms with Gasteiger partial charge in [-0.2, -0.15) is 0 Å². The lowest BCUT2D eigenvalue weighted by Crippen LogP contribution is -3.06. The summed E-state index contributed by atoms with van der Waals surface area (Å²) in [5.41, 5.74) is 0.565. The van der Waals surface area contributed by atoms with Crippen LogP contribution < -0.4 is 4.90 Å². The van der Waals surface area contributed by atoms with Gasteiger partial charge in [-0.1, -0.05) is 30.3 Å². The Bertz CT molecular complexity index is 794. The van der Waals surface area contributed by atoms with Crippen LogP contribution in [-0.4, -0.2) is 48.9 Å². The van der Waals surface area contributed by atoms with Gasteiger partial charge in [0, 0.05) is 5.56 Å². The van der Waals surface area contributed by atoms with E-state index in [1.165, 1.54) is 11.2 Å². The zero-order valence-corrected chi connectivity index (χ0v) is 14.2. The highest BCUT2D eigenvalue weighted by Gasteiger charge is 2.47. The van der Waals surface area contributed by atoms with Gasteiger partial charge in [-0.25, -0.2) is 0 Å². The van der Waals surface area contributed by atoms with Crippen LogP contribution in [0.5, 0.6) is 0 Å². The molecule has 0 radical (unpaired) electrons. The Balaban J connectivity index is 2.09. The van der Waals surface area contributed by atoms with Crippen molar-refractivity contribution in [2.75, 3.05) is 27.2 Å². The van der Waals surface area contributed by atoms with Gasteiger partial charge in [0.25, 0.3) is 11.7 Å². The number of likely N-dealkylation sites (N-methyl/N-ethyl adjacent to an activating group) is 1. The van der Waals surface area contributed by atoms with Crippen molar-refractivity contribution in [2.24, 2.45) is 0 Å². The topological polar surface area (TPSA) is 75.2 Å². The van der Waals surface area contributed by atoms with E-state index in [9.17, 15) is 14.7 Å². The molecular formula is C19H21N2O4+. The quantitative estimate of drug-likeness (QED) is 0.480. The lowest BCUT2D eigenvalue weighted by Gasteiger charge is -2.23. The third-order valence-corrected chi connectivity index (χ3v) is 4.25. The molecule has 1 aromatic heterocycles. The van der Waals surface area contributed by atoms with E-state index in [4.69, 9.17) is 4.42 Å². The van der Waals surface area contributed by atoms with Gasteiger partial charge in [0.05, 0.1) is 39.0 Å². The molecule has 1 aliphatic heterocycles. The van der Waals surface area contributed by atoms with Crippen LogP contribution in [0.3, 0.4) is 0 Å². The number of nitrogens with one attached hydrogen (secondary N) is 1. The predicted molar refractivity (Wildman–Crippen MR) is 91.8 cm³/mol. The molecule has 0 aliphatic carbocycles. The third kappa shape index (κ3) is 3.21. The highest BCUT2D eigenvalue weighted by molar-refractivity contribution is 6.46. The number of furan rings is 1. The number of aliphatic hydroxyl groups is 1. The summed E-state index contributed by atoms with van der Waals surface area (Å²) < 4.78 is 5.47. The van der Waals surface area contributed by atoms with Gasteiger partial charge in [0.2, 0.25) is 0 Å². The standard InChI is InChI=1S/C19H20N2O4/c1-20(2)10-11-21-16(14-9-6-12-25-14)15(18(23)19(21)24)17(22)13-7-4-3-5-8-13/h3-9,12,16,22H,10-11H2,1-2H3/p+1/b17-15+/t16-/m1/s1. The van der Waals surface area contributed by atoms with Crippen LogP contribution in [-0.2, 0) is 9.59 Å². The molecule has 0 unspecified atom stereocenters. The summed E-state index contributed by atoms with van der Waals surface area (Å²) in [7, 11) is 3.95. The fraction of sp³-hybridized carbons (Fsp3) is 0.263. The molecule has 1 fully saturated rings. The largest absolute Gasteiger partial charge is 0.507 e. The Kier molecular flexibility index (Phi) is 4.72. The van der Waals surface area contributed by atoms with E-state index in [1.807, 2.05) is 20.2 Å². The fourth-order valence-corrected chi connectivity index (χ4v) is 2.95. The number of carbonyl (C=O) groups excluding carboxylic acids is 2. The van der Waals surface area contributed by atoms with Crippen molar-refractivity contribution in [1.29, 1.82) is 0 Å². The second-order valence-corrected chi connectivity index (χ2v) is 6.33. The number of nitrogens with zero attached hydrogens (tertiary/aromatic N) is 1. The average Bonchev–Trinajstić information content (AvgIpc) is 3.21. The smallest absolute Gasteiger partial charge is 0.295 e. The Labute approximate surface area is 146 Å². The molecular weight excluding hydrogens is 320 g/mol. The first-order chi connectivity index (χ1) is 12.0. The molecule has 3 rings (SSSR count). The first kappa shape index (κ1) is 17.0. The molecule has 1 aliphatic rings. The van der Waals surface area contributed by atoms with Gasteiger partial charge >= 0.3 is 0 Å². The zero-order valence-electron chi connectivity index (χ0n) is 14.2. The van der Waals surface area contributed by atoms with Gasteiger partial charge in [-0.05, 0) is 12.1 Å². The second kappa shape index (κ2) is 6.94. The first-order valence-electron chi connectivity index (χ1n) is 8.17. The van der Waals surface area contributed by atoms with Crippen molar-refractivity contribution in [3.8, 4) is 0 Å². The van der Waals surface area contributed by atoms with Gasteiger partial charge in [-0.15, -0.1) is 0 Å². The van der Waals surface area contributed by atoms with Gasteiger partial charge < -0.3 is 19.3 Å². The molecule has 1 atom stereocenters. The van der Waals surface area contributed by atoms with Crippen LogP contribution in [0.4, 0.5) is 0 Å². The molecule has 1 aromatic carbocycles. The summed E-state index contributed by atoms with van der Waals surface area (Å²) in [6.07, 6.45) is 1.50. The van der Waals surface area contributed by atoms with Crippen molar-refractivity contribution in [2.45, 2.75) is 6.04 Å². The Morgan fingerprint density at radius 3 is 2.48 bits per heavy atom. The van der Waals surface area contributed by atoms with Gasteiger partial charge in [-0.3, -0.25) is 9.59 Å². The number of likely N-dealkylation sites (tertiary alicyclic amines) is 1. The molecule has 2 heterocycles. The van der Waals surface area contributed by atoms with Crippen molar-refractivity contribution in [3.05, 3.63) is 65.6 Å².